The molecular weight excluding hydrogens is 1210 g/mol. The Kier molecular flexibility index (Phi) is 19.8. The normalized spacial score (nSPS) is 16.3. The van der Waals surface area contributed by atoms with Crippen molar-refractivity contribution in [3.05, 3.63) is 93.4 Å². The van der Waals surface area contributed by atoms with E-state index in [-0.39, 0.29) is 69.4 Å². The van der Waals surface area contributed by atoms with E-state index >= 15 is 0 Å². The molecule has 82 heavy (non-hydrogen) atoms. The van der Waals surface area contributed by atoms with E-state index in [0.29, 0.717) is 85.9 Å². The molecule has 3 heterocycles. The summed E-state index contributed by atoms with van der Waals surface area (Å²) >= 11 is 24.5. The van der Waals surface area contributed by atoms with Crippen LogP contribution in [0.4, 0.5) is 11.6 Å². The van der Waals surface area contributed by atoms with Crippen LogP contribution >= 0.6 is 46.4 Å². The zero-order valence-corrected chi connectivity index (χ0v) is 49.5. The second-order valence-corrected chi connectivity index (χ2v) is 26.0. The zero-order chi connectivity index (χ0) is 60.0. The first kappa shape index (κ1) is 63.3. The van der Waals surface area contributed by atoms with Gasteiger partial charge in [-0.3, -0.25) is 14.4 Å². The molecule has 12 N–H and O–H groups in total. The number of nitrogens with zero attached hydrogens (tertiary/aromatic N) is 5. The molecule has 0 atom stereocenters. The number of carboxylic acid groups (broad SMARTS) is 1. The summed E-state index contributed by atoms with van der Waals surface area (Å²) in [5.74, 6) is -2.50. The number of carbonyl (C=O) groups is 3. The molecule has 6 aromatic rings. The number of pyridine rings is 3. The number of aliphatic carboxylic acids is 1. The van der Waals surface area contributed by atoms with Crippen molar-refractivity contribution in [2.24, 2.45) is 32.9 Å². The van der Waals surface area contributed by atoms with E-state index < -0.39 is 64.6 Å². The van der Waals surface area contributed by atoms with Crippen LogP contribution in [0, 0.1) is 0 Å². The van der Waals surface area contributed by atoms with Crippen molar-refractivity contribution in [2.75, 3.05) is 13.2 Å². The Morgan fingerprint density at radius 2 is 0.817 bits per heavy atom. The minimum Gasteiger partial charge on any atom is -0.480 e. The number of hydrogen-bond acceptors (Lipinski definition) is 16. The highest BCUT2D eigenvalue weighted by atomic mass is 35.5. The van der Waals surface area contributed by atoms with Crippen LogP contribution in [0.1, 0.15) is 90.9 Å². The van der Waals surface area contributed by atoms with Gasteiger partial charge in [0.15, 0.2) is 23.6 Å². The number of esters is 2. The zero-order valence-electron chi connectivity index (χ0n) is 44.0. The number of carbonyl (C=O) groups excluding carboxylic acids is 2. The van der Waals surface area contributed by atoms with Gasteiger partial charge < -0.3 is 37.5 Å². The van der Waals surface area contributed by atoms with Gasteiger partial charge in [-0.2, -0.15) is 24.2 Å². The van der Waals surface area contributed by atoms with Crippen molar-refractivity contribution in [3.63, 3.8) is 0 Å². The van der Waals surface area contributed by atoms with E-state index in [4.69, 9.17) is 78.8 Å². The van der Waals surface area contributed by atoms with Gasteiger partial charge >= 0.3 is 17.9 Å². The average Bonchev–Trinajstić information content (AvgIpc) is 3.36. The first-order valence-electron chi connectivity index (χ1n) is 25.4. The first-order valence-corrected chi connectivity index (χ1v) is 31.4. The van der Waals surface area contributed by atoms with E-state index in [1.165, 1.54) is 61.1 Å². The molecule has 3 aliphatic rings. The standard InChI is InChI=1S/C18H22ClN5O4S.C17H18Cl2N2O4S.C16H18ClN5O4S/c1-2-28-16(25)18(7-3-4-8-18)24-29(26,27)11-5-6-12-13(9-11)15(23-17(20)21)22-10-14(12)19;1-2-25-16(22)17(7-3-4-8-17)21-26(23,24)11-5-6-12-13(9-11)15(19)20-10-14(12)18;17-12-8-20-13(21-15(18)19)11-7-9(3-4-10(11)12)27(25,26)22-16(14(23)24)5-1-2-6-16/h5-6,9-10,24H,2-4,7-8H2,1H3,(H4,20,21,22,23);5-6,9-10,21H,2-4,7-8H2,1H3;3-4,7-8,22H,1-2,5-6H2,(H,23,24)(H4,18,19,20,21). The maximum atomic E-state index is 13.1. The van der Waals surface area contributed by atoms with Gasteiger partial charge in [-0.05, 0) is 88.8 Å². The SMILES string of the molecule is CCOC(=O)C1(NS(=O)(=O)c2ccc3c(Cl)cnc(Cl)c3c2)CCCC1.CCOC(=O)C1(NS(=O)(=O)c2ccc3c(Cl)cnc(N=C(N)N)c3c2)CCCC1.NC(N)=Nc1ncc(Cl)c2ccc(S(=O)(=O)NC3(C(=O)O)CCCC3)cc12. The Bertz CT molecular complexity index is 3870. The third kappa shape index (κ3) is 14.0. The van der Waals surface area contributed by atoms with Crippen LogP contribution in [-0.4, -0.2) is 105 Å². The molecule has 3 saturated carbocycles. The number of aromatic nitrogens is 3. The second kappa shape index (κ2) is 25.7. The summed E-state index contributed by atoms with van der Waals surface area (Å²) in [4.78, 5) is 56.2. The molecule has 9 rings (SSSR count). The summed E-state index contributed by atoms with van der Waals surface area (Å²) < 4.78 is 95.5. The molecule has 0 saturated heterocycles. The van der Waals surface area contributed by atoms with E-state index in [1.807, 2.05) is 0 Å². The lowest BCUT2D eigenvalue weighted by molar-refractivity contribution is -0.150. The van der Waals surface area contributed by atoms with Crippen LogP contribution in [0.3, 0.4) is 0 Å². The molecule has 3 aromatic heterocycles. The summed E-state index contributed by atoms with van der Waals surface area (Å²) in [5, 5.41) is 13.5. The molecule has 0 aliphatic heterocycles. The number of nitrogens with one attached hydrogen (secondary N) is 3. The quantitative estimate of drug-likeness (QED) is 0.0207. The van der Waals surface area contributed by atoms with Crippen LogP contribution < -0.4 is 37.1 Å². The Labute approximate surface area is 492 Å². The minimum atomic E-state index is -4.11. The smallest absolute Gasteiger partial charge is 0.327 e. The summed E-state index contributed by atoms with van der Waals surface area (Å²) in [6.45, 7) is 3.74. The molecule has 440 valence electrons. The van der Waals surface area contributed by atoms with Crippen molar-refractivity contribution < 1.29 is 54.2 Å². The number of hydrogen-bond donors (Lipinski definition) is 8. The molecule has 24 nitrogen and oxygen atoms in total. The third-order valence-corrected chi connectivity index (χ3v) is 19.7. The van der Waals surface area contributed by atoms with Crippen LogP contribution in [0.15, 0.2) is 97.9 Å². The van der Waals surface area contributed by atoms with E-state index in [1.54, 1.807) is 26.0 Å². The molecule has 3 fully saturated rings. The fourth-order valence-corrected chi connectivity index (χ4v) is 15.1. The van der Waals surface area contributed by atoms with Crippen molar-refractivity contribution >= 4 is 150 Å². The summed E-state index contributed by atoms with van der Waals surface area (Å²) in [5.41, 5.74) is 17.7. The van der Waals surface area contributed by atoms with Gasteiger partial charge in [-0.15, -0.1) is 0 Å². The third-order valence-electron chi connectivity index (χ3n) is 13.8. The number of rotatable bonds is 16. The maximum Gasteiger partial charge on any atom is 0.327 e. The molecular formula is C51H58Cl4N12O12S3. The number of ether oxygens (including phenoxy) is 2. The van der Waals surface area contributed by atoms with Crippen molar-refractivity contribution in [2.45, 2.75) is 122 Å². The fourth-order valence-electron chi connectivity index (χ4n) is 9.90. The predicted octanol–water partition coefficient (Wildman–Crippen LogP) is 7.11. The Hall–Kier alpha value is -6.27. The first-order chi connectivity index (χ1) is 38.6. The van der Waals surface area contributed by atoms with E-state index in [0.717, 1.165) is 25.7 Å². The topological polar surface area (TPSA) is 396 Å². The number of nitrogens with two attached hydrogens (primary N) is 4. The van der Waals surface area contributed by atoms with Gasteiger partial charge in [0.1, 0.15) is 21.8 Å². The molecule has 31 heteroatoms. The molecule has 3 aromatic carbocycles. The van der Waals surface area contributed by atoms with Crippen LogP contribution in [-0.2, 0) is 53.9 Å². The van der Waals surface area contributed by atoms with Gasteiger partial charge in [0.25, 0.3) is 0 Å². The predicted molar refractivity (Wildman–Crippen MR) is 312 cm³/mol. The van der Waals surface area contributed by atoms with Crippen LogP contribution in [0.25, 0.3) is 32.3 Å². The summed E-state index contributed by atoms with van der Waals surface area (Å²) in [7, 11) is -12.1. The number of guanidine groups is 2. The fraction of sp³-hybridized carbons (Fsp3) is 0.373. The number of fused-ring (bicyclic) bond motifs is 3. The summed E-state index contributed by atoms with van der Waals surface area (Å²) in [6.07, 6.45) is 10.5. The highest BCUT2D eigenvalue weighted by Crippen LogP contribution is 2.38. The lowest BCUT2D eigenvalue weighted by atomic mass is 10.00. The Balaban J connectivity index is 0.000000177. The Morgan fingerprint density at radius 3 is 1.15 bits per heavy atom. The van der Waals surface area contributed by atoms with E-state index in [2.05, 4.69) is 39.1 Å². The van der Waals surface area contributed by atoms with E-state index in [9.17, 15) is 44.7 Å². The van der Waals surface area contributed by atoms with Gasteiger partial charge in [0, 0.05) is 50.9 Å². The van der Waals surface area contributed by atoms with Gasteiger partial charge in [-0.1, -0.05) is 103 Å². The number of carboxylic acids is 1. The van der Waals surface area contributed by atoms with Crippen molar-refractivity contribution in [1.82, 2.24) is 29.1 Å². The lowest BCUT2D eigenvalue weighted by Crippen LogP contribution is -2.53. The molecule has 0 radical (unpaired) electrons. The number of halogens is 4. The minimum absolute atomic E-state index is 0.00783. The molecule has 0 unspecified atom stereocenters. The number of aliphatic imine (C=N–C) groups is 2. The van der Waals surface area contributed by atoms with Crippen molar-refractivity contribution in [3.8, 4) is 0 Å². The van der Waals surface area contributed by atoms with Crippen LogP contribution in [0.5, 0.6) is 0 Å². The monoisotopic (exact) mass is 1270 g/mol. The van der Waals surface area contributed by atoms with Crippen molar-refractivity contribution in [1.29, 1.82) is 0 Å². The average molecular weight is 1270 g/mol. The highest BCUT2D eigenvalue weighted by molar-refractivity contribution is 7.90. The second-order valence-electron chi connectivity index (χ2n) is 19.4. The Morgan fingerprint density at radius 1 is 0.512 bits per heavy atom. The lowest BCUT2D eigenvalue weighted by Gasteiger charge is -2.27. The van der Waals surface area contributed by atoms with Gasteiger partial charge in [0.05, 0.1) is 43.0 Å². The summed E-state index contributed by atoms with van der Waals surface area (Å²) in [6, 6.07) is 12.9. The molecule has 3 aliphatic carbocycles. The van der Waals surface area contributed by atoms with Crippen LogP contribution in [0.2, 0.25) is 20.2 Å². The molecule has 0 spiro atoms. The highest BCUT2D eigenvalue weighted by Gasteiger charge is 2.48. The molecule has 0 bridgehead atoms. The largest absolute Gasteiger partial charge is 0.480 e. The van der Waals surface area contributed by atoms with Gasteiger partial charge in [-0.25, -0.2) is 40.2 Å². The number of benzene rings is 3. The van der Waals surface area contributed by atoms with Gasteiger partial charge in [0.2, 0.25) is 30.1 Å². The molecule has 0 amide bonds. The maximum absolute atomic E-state index is 13.1. The number of sulfonamides is 3.